The minimum absolute atomic E-state index is 0.775. The molecule has 14 heavy (non-hydrogen) atoms. The third-order valence-electron chi connectivity index (χ3n) is 4.43. The Labute approximate surface area is 88.7 Å². The van der Waals surface area contributed by atoms with Crippen molar-refractivity contribution in [1.29, 1.82) is 0 Å². The van der Waals surface area contributed by atoms with E-state index in [0.29, 0.717) is 0 Å². The van der Waals surface area contributed by atoms with Crippen molar-refractivity contribution in [3.8, 4) is 0 Å². The van der Waals surface area contributed by atoms with Crippen LogP contribution in [0.5, 0.6) is 0 Å². The largest absolute Gasteiger partial charge is 0.314 e. The maximum Gasteiger partial charge on any atom is 0.00697 e. The smallest absolute Gasteiger partial charge is 0.00697 e. The maximum absolute atomic E-state index is 3.71. The van der Waals surface area contributed by atoms with E-state index in [9.17, 15) is 0 Å². The highest BCUT2D eigenvalue weighted by atomic mass is 14.9. The topological polar surface area (TPSA) is 12.0 Å². The molecule has 1 nitrogen and oxygen atoms in total. The molecule has 82 valence electrons. The number of unbranched alkanes of at least 4 members (excludes halogenated alkanes) is 1. The third kappa shape index (κ3) is 2.13. The molecule has 1 heteroatoms. The Morgan fingerprint density at radius 1 is 1.29 bits per heavy atom. The van der Waals surface area contributed by atoms with Crippen molar-refractivity contribution in [1.82, 2.24) is 5.32 Å². The molecule has 1 N–H and O–H groups in total. The van der Waals surface area contributed by atoms with Crippen molar-refractivity contribution in [3.05, 3.63) is 0 Å². The quantitative estimate of drug-likeness (QED) is 0.664. The van der Waals surface area contributed by atoms with Crippen LogP contribution in [-0.2, 0) is 0 Å². The molecule has 2 saturated carbocycles. The second-order valence-electron chi connectivity index (χ2n) is 5.44. The molecule has 0 spiro atoms. The zero-order valence-corrected chi connectivity index (χ0v) is 9.76. The van der Waals surface area contributed by atoms with E-state index in [2.05, 4.69) is 19.2 Å². The Morgan fingerprint density at radius 3 is 2.71 bits per heavy atom. The average molecular weight is 195 g/mol. The summed E-state index contributed by atoms with van der Waals surface area (Å²) in [7, 11) is 0. The number of hydrogen-bond donors (Lipinski definition) is 1. The Hall–Kier alpha value is -0.0400. The summed E-state index contributed by atoms with van der Waals surface area (Å²) in [4.78, 5) is 0. The predicted molar refractivity (Wildman–Crippen MR) is 61.3 cm³/mol. The lowest BCUT2D eigenvalue weighted by Crippen LogP contribution is -2.36. The van der Waals surface area contributed by atoms with Crippen LogP contribution in [0.2, 0.25) is 0 Å². The number of hydrogen-bond acceptors (Lipinski definition) is 1. The van der Waals surface area contributed by atoms with Gasteiger partial charge in [0.1, 0.15) is 0 Å². The van der Waals surface area contributed by atoms with Crippen LogP contribution in [0, 0.1) is 17.8 Å². The normalized spacial score (nSPS) is 37.7. The van der Waals surface area contributed by atoms with Gasteiger partial charge in [-0.1, -0.05) is 19.8 Å². The van der Waals surface area contributed by atoms with Crippen LogP contribution in [-0.4, -0.2) is 12.6 Å². The molecule has 0 heterocycles. The predicted octanol–water partition coefficient (Wildman–Crippen LogP) is 3.20. The molecule has 4 unspecified atom stereocenters. The molecule has 2 aliphatic rings. The molecule has 2 rings (SSSR count). The van der Waals surface area contributed by atoms with Crippen LogP contribution in [0.1, 0.15) is 52.4 Å². The first-order chi connectivity index (χ1) is 6.81. The van der Waals surface area contributed by atoms with E-state index in [1.54, 1.807) is 6.42 Å². The summed E-state index contributed by atoms with van der Waals surface area (Å²) in [5.74, 6) is 3.18. The summed E-state index contributed by atoms with van der Waals surface area (Å²) in [5, 5.41) is 3.71. The lowest BCUT2D eigenvalue weighted by Gasteiger charge is -2.28. The molecular weight excluding hydrogens is 170 g/mol. The second-order valence-corrected chi connectivity index (χ2v) is 5.44. The molecule has 0 aromatic carbocycles. The zero-order chi connectivity index (χ0) is 9.97. The lowest BCUT2D eigenvalue weighted by atomic mass is 9.84. The number of rotatable bonds is 5. The van der Waals surface area contributed by atoms with E-state index in [4.69, 9.17) is 0 Å². The molecule has 0 aromatic rings. The Morgan fingerprint density at radius 2 is 2.14 bits per heavy atom. The molecule has 0 radical (unpaired) electrons. The van der Waals surface area contributed by atoms with Crippen LogP contribution in [0.25, 0.3) is 0 Å². The first-order valence-electron chi connectivity index (χ1n) is 6.54. The second kappa shape index (κ2) is 4.65. The van der Waals surface area contributed by atoms with Crippen LogP contribution >= 0.6 is 0 Å². The van der Waals surface area contributed by atoms with Crippen molar-refractivity contribution in [3.63, 3.8) is 0 Å². The van der Waals surface area contributed by atoms with Gasteiger partial charge in [-0.2, -0.15) is 0 Å². The molecule has 0 saturated heterocycles. The van der Waals surface area contributed by atoms with Gasteiger partial charge in [-0.3, -0.25) is 0 Å². The SMILES string of the molecule is CCCCNC(C)C1CC2CCC1C2. The lowest BCUT2D eigenvalue weighted by molar-refractivity contribution is 0.260. The molecule has 2 bridgehead atoms. The summed E-state index contributed by atoms with van der Waals surface area (Å²) < 4.78 is 0. The summed E-state index contributed by atoms with van der Waals surface area (Å²) in [5.41, 5.74) is 0. The Kier molecular flexibility index (Phi) is 3.48. The van der Waals surface area contributed by atoms with Gasteiger partial charge in [0.15, 0.2) is 0 Å². The highest BCUT2D eigenvalue weighted by molar-refractivity contribution is 4.93. The van der Waals surface area contributed by atoms with Crippen molar-refractivity contribution in [2.24, 2.45) is 17.8 Å². The first kappa shape index (κ1) is 10.5. The van der Waals surface area contributed by atoms with Crippen LogP contribution in [0.3, 0.4) is 0 Å². The first-order valence-corrected chi connectivity index (χ1v) is 6.54. The van der Waals surface area contributed by atoms with Gasteiger partial charge in [0.05, 0.1) is 0 Å². The fraction of sp³-hybridized carbons (Fsp3) is 1.00. The average Bonchev–Trinajstić information content (AvgIpc) is 2.79. The summed E-state index contributed by atoms with van der Waals surface area (Å²) in [6.07, 6.45) is 8.77. The Balaban J connectivity index is 1.72. The fourth-order valence-electron chi connectivity index (χ4n) is 3.56. The van der Waals surface area contributed by atoms with Gasteiger partial charge in [-0.15, -0.1) is 0 Å². The van der Waals surface area contributed by atoms with Gasteiger partial charge in [0.2, 0.25) is 0 Å². The summed E-state index contributed by atoms with van der Waals surface area (Å²) >= 11 is 0. The highest BCUT2D eigenvalue weighted by Crippen LogP contribution is 2.49. The maximum atomic E-state index is 3.71. The van der Waals surface area contributed by atoms with Gasteiger partial charge < -0.3 is 5.32 Å². The molecule has 2 fully saturated rings. The van der Waals surface area contributed by atoms with Gasteiger partial charge >= 0.3 is 0 Å². The monoisotopic (exact) mass is 195 g/mol. The molecule has 0 aromatic heterocycles. The van der Waals surface area contributed by atoms with Crippen LogP contribution in [0.15, 0.2) is 0 Å². The van der Waals surface area contributed by atoms with Crippen molar-refractivity contribution in [2.75, 3.05) is 6.54 Å². The number of fused-ring (bicyclic) bond motifs is 2. The zero-order valence-electron chi connectivity index (χ0n) is 9.76. The minimum Gasteiger partial charge on any atom is -0.314 e. The van der Waals surface area contributed by atoms with Crippen LogP contribution in [0.4, 0.5) is 0 Å². The van der Waals surface area contributed by atoms with E-state index in [-0.39, 0.29) is 0 Å². The molecule has 0 aliphatic heterocycles. The summed E-state index contributed by atoms with van der Waals surface area (Å²) in [6, 6.07) is 0.775. The summed E-state index contributed by atoms with van der Waals surface area (Å²) in [6.45, 7) is 5.90. The third-order valence-corrected chi connectivity index (χ3v) is 4.43. The molecular formula is C13H25N. The van der Waals surface area contributed by atoms with E-state index >= 15 is 0 Å². The standard InChI is InChI=1S/C13H25N/c1-3-4-7-14-10(2)13-9-11-5-6-12(13)8-11/h10-14H,3-9H2,1-2H3. The van der Waals surface area contributed by atoms with E-state index < -0.39 is 0 Å². The Bertz CT molecular complexity index is 178. The van der Waals surface area contributed by atoms with Crippen molar-refractivity contribution >= 4 is 0 Å². The fourth-order valence-corrected chi connectivity index (χ4v) is 3.56. The number of nitrogens with one attached hydrogen (secondary N) is 1. The van der Waals surface area contributed by atoms with Gasteiger partial charge in [0.25, 0.3) is 0 Å². The van der Waals surface area contributed by atoms with Crippen LogP contribution < -0.4 is 5.32 Å². The van der Waals surface area contributed by atoms with E-state index in [1.807, 2.05) is 0 Å². The van der Waals surface area contributed by atoms with Gasteiger partial charge in [-0.05, 0) is 56.9 Å². The van der Waals surface area contributed by atoms with E-state index in [0.717, 1.165) is 23.8 Å². The molecule has 2 aliphatic carbocycles. The minimum atomic E-state index is 0.775. The van der Waals surface area contributed by atoms with Gasteiger partial charge in [-0.25, -0.2) is 0 Å². The van der Waals surface area contributed by atoms with E-state index in [1.165, 1.54) is 38.6 Å². The van der Waals surface area contributed by atoms with Crippen molar-refractivity contribution < 1.29 is 0 Å². The van der Waals surface area contributed by atoms with Crippen molar-refractivity contribution in [2.45, 2.75) is 58.4 Å². The van der Waals surface area contributed by atoms with Gasteiger partial charge in [0, 0.05) is 6.04 Å². The molecule has 4 atom stereocenters. The molecule has 0 amide bonds. The highest BCUT2D eigenvalue weighted by Gasteiger charge is 2.41.